The second-order valence-corrected chi connectivity index (χ2v) is 8.79. The van der Waals surface area contributed by atoms with Gasteiger partial charge in [-0.1, -0.05) is 6.92 Å². The van der Waals surface area contributed by atoms with Crippen LogP contribution in [0.3, 0.4) is 0 Å². The summed E-state index contributed by atoms with van der Waals surface area (Å²) >= 11 is 0. The van der Waals surface area contributed by atoms with Gasteiger partial charge in [0.05, 0.1) is 6.26 Å². The van der Waals surface area contributed by atoms with Crippen molar-refractivity contribution in [3.63, 3.8) is 0 Å². The molecule has 2 bridgehead atoms. The van der Waals surface area contributed by atoms with E-state index in [1.54, 1.807) is 6.26 Å². The van der Waals surface area contributed by atoms with Gasteiger partial charge in [-0.15, -0.1) is 0 Å². The van der Waals surface area contributed by atoms with Gasteiger partial charge in [-0.25, -0.2) is 16.8 Å². The first-order valence-electron chi connectivity index (χ1n) is 7.02. The van der Waals surface area contributed by atoms with Crippen LogP contribution in [0.5, 0.6) is 0 Å². The van der Waals surface area contributed by atoms with Crippen molar-refractivity contribution in [3.8, 4) is 0 Å². The fourth-order valence-electron chi connectivity index (χ4n) is 2.36. The summed E-state index contributed by atoms with van der Waals surface area (Å²) in [7, 11) is -12.2. The number of ether oxygens (including phenoxy) is 1. The Balaban J connectivity index is -0.0000000610. The minimum atomic E-state index is -6.09. The first kappa shape index (κ1) is 50.0. The molecule has 212 valence electrons. The SMILES string of the molecule is C[C@H]1C[C@]2(C)CC(=O)[C@H]1C=CO2.N.N.N.N.N.O=S(=O)([O-])C(F)(F)F.O=S(=O)([O-])C(F)(F)F.[Os+2]. The topological polar surface area (TPSA) is 316 Å². The maximum atomic E-state index is 11.6. The Morgan fingerprint density at radius 3 is 1.44 bits per heavy atom. The summed E-state index contributed by atoms with van der Waals surface area (Å²) in [4.78, 5) is 11.6. The van der Waals surface area contributed by atoms with Crippen molar-refractivity contribution in [2.24, 2.45) is 11.8 Å². The smallest absolute Gasteiger partial charge is 0.741 e. The fraction of sp³-hybridized carbons (Fsp3) is 0.750. The maximum Gasteiger partial charge on any atom is 2.00 e. The van der Waals surface area contributed by atoms with Crippen LogP contribution in [0, 0.1) is 11.8 Å². The van der Waals surface area contributed by atoms with Gasteiger partial charge in [-0.3, -0.25) is 4.79 Å². The molecule has 0 unspecified atom stereocenters. The Morgan fingerprint density at radius 2 is 1.21 bits per heavy atom. The number of ketones is 1. The summed E-state index contributed by atoms with van der Waals surface area (Å²) < 4.78 is 123. The van der Waals surface area contributed by atoms with Crippen LogP contribution < -0.4 is 30.8 Å². The van der Waals surface area contributed by atoms with Gasteiger partial charge in [-0.05, 0) is 25.3 Å². The van der Waals surface area contributed by atoms with E-state index < -0.39 is 31.3 Å². The third kappa shape index (κ3) is 15.9. The number of alkyl halides is 6. The molecule has 0 amide bonds. The molecule has 1 fully saturated rings. The van der Waals surface area contributed by atoms with E-state index in [1.807, 2.05) is 13.0 Å². The van der Waals surface area contributed by atoms with Gasteiger partial charge in [0, 0.05) is 12.3 Å². The van der Waals surface area contributed by atoms with Gasteiger partial charge in [0.1, 0.15) is 11.4 Å². The average molecular weight is 740 g/mol. The predicted octanol–water partition coefficient (Wildman–Crippen LogP) is 2.81. The third-order valence-corrected chi connectivity index (χ3v) is 4.63. The molecule has 15 N–H and O–H groups in total. The van der Waals surface area contributed by atoms with Crippen molar-refractivity contribution in [3.05, 3.63) is 12.3 Å². The Bertz CT molecular complexity index is 784. The summed E-state index contributed by atoms with van der Waals surface area (Å²) in [6.07, 6.45) is 5.19. The largest absolute Gasteiger partial charge is 2.00 e. The molecule has 0 aromatic carbocycles. The van der Waals surface area contributed by atoms with E-state index in [9.17, 15) is 31.1 Å². The number of Topliss-reactive ketones (excluding diaryl/α,β-unsaturated/α-hetero) is 1. The van der Waals surface area contributed by atoms with Crippen LogP contribution in [0.15, 0.2) is 12.3 Å². The molecule has 3 aliphatic rings. The molecule has 0 spiro atoms. The van der Waals surface area contributed by atoms with Gasteiger partial charge < -0.3 is 44.6 Å². The normalized spacial score (nSPS) is 22.7. The van der Waals surface area contributed by atoms with Gasteiger partial charge in [0.2, 0.25) is 0 Å². The van der Waals surface area contributed by atoms with E-state index in [-0.39, 0.29) is 62.1 Å². The Kier molecular flexibility index (Phi) is 24.5. The summed E-state index contributed by atoms with van der Waals surface area (Å²) in [6, 6.07) is 0. The van der Waals surface area contributed by atoms with Gasteiger partial charge >= 0.3 is 30.8 Å². The number of carbonyl (C=O) groups is 1. The van der Waals surface area contributed by atoms with Crippen LogP contribution in [0.2, 0.25) is 0 Å². The second-order valence-electron chi connectivity index (χ2n) is 6.05. The zero-order valence-corrected chi connectivity index (χ0v) is 22.1. The number of rotatable bonds is 0. The van der Waals surface area contributed by atoms with Crippen LogP contribution >= 0.6 is 0 Å². The van der Waals surface area contributed by atoms with Crippen molar-refractivity contribution in [2.75, 3.05) is 0 Å². The molecule has 2 aliphatic heterocycles. The molecule has 0 aromatic heterocycles. The molecule has 1 aliphatic carbocycles. The Morgan fingerprint density at radius 1 is 0.912 bits per heavy atom. The first-order valence-corrected chi connectivity index (χ1v) is 9.84. The molecular formula is C12H29F6N5O8OsS2. The standard InChI is InChI=1S/C10H14O2.2CHF3O3S.5H3N.Os/c1-7-5-10(2)6-9(11)8(7)3-4-12-10;2*2-1(3,4)8(5,6)7;;;;;;/h3-4,7-8H,5-6H2,1-2H3;2*(H,5,6,7);5*1H3;/q;;;;;;;;+2/p-2/t7-,8-,10+;;;;;;;;/m0......../s1. The molecule has 0 aromatic rings. The van der Waals surface area contributed by atoms with E-state index in [1.165, 1.54) is 0 Å². The Hall–Kier alpha value is -0.954. The number of fused-ring (bicyclic) bond motifs is 3. The summed E-state index contributed by atoms with van der Waals surface area (Å²) in [5, 5.41) is 0. The fourth-order valence-corrected chi connectivity index (χ4v) is 2.36. The number of hydrogen-bond donors (Lipinski definition) is 5. The number of hydrogen-bond acceptors (Lipinski definition) is 13. The quantitative estimate of drug-likeness (QED) is 0.136. The van der Waals surface area contributed by atoms with Crippen LogP contribution in [-0.2, 0) is 49.6 Å². The molecular weight excluding hydrogens is 711 g/mol. The molecule has 1 saturated carbocycles. The van der Waals surface area contributed by atoms with Gasteiger partial charge in [0.15, 0.2) is 20.2 Å². The molecule has 13 nitrogen and oxygen atoms in total. The molecule has 34 heavy (non-hydrogen) atoms. The number of allylic oxidation sites excluding steroid dienone is 1. The van der Waals surface area contributed by atoms with Crippen molar-refractivity contribution in [1.29, 1.82) is 0 Å². The second kappa shape index (κ2) is 16.7. The minimum absolute atomic E-state index is 0. The predicted molar refractivity (Wildman–Crippen MR) is 102 cm³/mol. The van der Waals surface area contributed by atoms with Crippen LogP contribution in [0.25, 0.3) is 0 Å². The monoisotopic (exact) mass is 741 g/mol. The third-order valence-electron chi connectivity index (χ3n) is 3.49. The first-order chi connectivity index (χ1) is 12.1. The molecule has 0 saturated heterocycles. The molecule has 3 atom stereocenters. The van der Waals surface area contributed by atoms with E-state index in [4.69, 9.17) is 30.7 Å². The van der Waals surface area contributed by atoms with Crippen molar-refractivity contribution < 1.29 is 81.6 Å². The van der Waals surface area contributed by atoms with Crippen molar-refractivity contribution in [2.45, 2.75) is 43.3 Å². The van der Waals surface area contributed by atoms with Gasteiger partial charge in [-0.2, -0.15) is 26.3 Å². The maximum absolute atomic E-state index is 11.6. The van der Waals surface area contributed by atoms with Crippen LogP contribution in [0.4, 0.5) is 26.3 Å². The summed E-state index contributed by atoms with van der Waals surface area (Å²) in [6.45, 7) is 4.15. The minimum Gasteiger partial charge on any atom is -0.741 e. The molecule has 3 rings (SSSR count). The summed E-state index contributed by atoms with van der Waals surface area (Å²) in [5.41, 5.74) is -11.5. The van der Waals surface area contributed by atoms with Gasteiger partial charge in [0.25, 0.3) is 0 Å². The summed E-state index contributed by atoms with van der Waals surface area (Å²) in [5.74, 6) is 0.889. The molecule has 0 radical (unpaired) electrons. The van der Waals surface area contributed by atoms with Crippen LogP contribution in [0.1, 0.15) is 26.7 Å². The molecule has 22 heteroatoms. The van der Waals surface area contributed by atoms with E-state index in [0.717, 1.165) is 6.42 Å². The van der Waals surface area contributed by atoms with Crippen LogP contribution in [-0.4, -0.2) is 48.3 Å². The van der Waals surface area contributed by atoms with E-state index >= 15 is 0 Å². The number of carbonyl (C=O) groups excluding carboxylic acids is 1. The van der Waals surface area contributed by atoms with Crippen molar-refractivity contribution in [1.82, 2.24) is 30.8 Å². The van der Waals surface area contributed by atoms with E-state index in [2.05, 4.69) is 6.92 Å². The zero-order chi connectivity index (χ0) is 22.8. The average Bonchev–Trinajstić information content (AvgIpc) is 2.62. The zero-order valence-electron chi connectivity index (χ0n) is 18.0. The Labute approximate surface area is 205 Å². The van der Waals surface area contributed by atoms with E-state index in [0.29, 0.717) is 18.1 Å². The number of halogens is 6. The molecule has 2 heterocycles. The van der Waals surface area contributed by atoms with Crippen molar-refractivity contribution >= 4 is 26.0 Å².